The van der Waals surface area contributed by atoms with E-state index in [4.69, 9.17) is 0 Å². The minimum atomic E-state index is 0.540. The number of amidine groups is 1. The van der Waals surface area contributed by atoms with Crippen molar-refractivity contribution in [2.24, 2.45) is 10.9 Å². The number of hydrogen-bond donors (Lipinski definition) is 2. The summed E-state index contributed by atoms with van der Waals surface area (Å²) in [6, 6.07) is 2.41. The number of hydrogen-bond acceptors (Lipinski definition) is 6. The molecule has 1 saturated carbocycles. The molecule has 0 aromatic carbocycles. The maximum atomic E-state index is 4.64. The topological polar surface area (TPSA) is 68.7 Å². The standard InChI is InChI=1S/C15H23N7/c1-21-6-8-22(9-7-21)15-16-5-4-13(18-15)17-14-10-12(19-20-14)11-2-3-11/h4-5,11-12,19H,2-3,6-10H2,1H3,(H,16,17,18,20). The Hall–Kier alpha value is -1.73. The van der Waals surface area contributed by atoms with Crippen LogP contribution in [0.25, 0.3) is 0 Å². The Balaban J connectivity index is 1.45. The molecule has 3 heterocycles. The molecule has 0 amide bonds. The molecule has 4 rings (SSSR count). The Kier molecular flexibility index (Phi) is 3.67. The highest BCUT2D eigenvalue weighted by atomic mass is 15.4. The van der Waals surface area contributed by atoms with Crippen LogP contribution in [-0.4, -0.2) is 60.0 Å². The average Bonchev–Trinajstić information content (AvgIpc) is 3.29. The molecule has 1 unspecified atom stereocenters. The van der Waals surface area contributed by atoms with Gasteiger partial charge in [-0.05, 0) is 25.8 Å². The maximum absolute atomic E-state index is 4.64. The van der Waals surface area contributed by atoms with Gasteiger partial charge < -0.3 is 15.2 Å². The van der Waals surface area contributed by atoms with Crippen LogP contribution in [0.1, 0.15) is 19.3 Å². The molecule has 22 heavy (non-hydrogen) atoms. The molecule has 118 valence electrons. The molecule has 0 bridgehead atoms. The third kappa shape index (κ3) is 3.05. The van der Waals surface area contributed by atoms with Gasteiger partial charge in [-0.3, -0.25) is 0 Å². The van der Waals surface area contributed by atoms with Gasteiger partial charge in [-0.2, -0.15) is 4.98 Å². The van der Waals surface area contributed by atoms with E-state index in [-0.39, 0.29) is 0 Å². The fourth-order valence-corrected chi connectivity index (χ4v) is 3.04. The van der Waals surface area contributed by atoms with Crippen LogP contribution in [0.3, 0.4) is 0 Å². The molecule has 0 spiro atoms. The van der Waals surface area contributed by atoms with Crippen LogP contribution in [-0.2, 0) is 0 Å². The monoisotopic (exact) mass is 301 g/mol. The largest absolute Gasteiger partial charge is 0.338 e. The van der Waals surface area contributed by atoms with Crippen LogP contribution in [0.2, 0.25) is 0 Å². The molecule has 2 aliphatic heterocycles. The van der Waals surface area contributed by atoms with Crippen molar-refractivity contribution >= 4 is 17.6 Å². The van der Waals surface area contributed by atoms with Crippen molar-refractivity contribution in [2.45, 2.75) is 25.3 Å². The summed E-state index contributed by atoms with van der Waals surface area (Å²) in [5.41, 5.74) is 6.53. The number of rotatable bonds is 3. The second kappa shape index (κ2) is 5.81. The molecule has 3 fully saturated rings. The number of anilines is 1. The maximum Gasteiger partial charge on any atom is 0.227 e. The van der Waals surface area contributed by atoms with E-state index in [1.807, 2.05) is 6.07 Å². The fourth-order valence-electron chi connectivity index (χ4n) is 3.04. The Morgan fingerprint density at radius 2 is 2.05 bits per heavy atom. The highest BCUT2D eigenvalue weighted by Crippen LogP contribution is 2.35. The summed E-state index contributed by atoms with van der Waals surface area (Å²) >= 11 is 0. The van der Waals surface area contributed by atoms with E-state index >= 15 is 0 Å². The molecule has 0 radical (unpaired) electrons. The number of hydrazine groups is 1. The average molecular weight is 301 g/mol. The van der Waals surface area contributed by atoms with E-state index in [1.54, 1.807) is 6.20 Å². The lowest BCUT2D eigenvalue weighted by molar-refractivity contribution is 0.311. The Labute approximate surface area is 130 Å². The van der Waals surface area contributed by atoms with Crippen LogP contribution in [0.4, 0.5) is 11.8 Å². The first-order chi connectivity index (χ1) is 10.8. The molecule has 3 aliphatic rings. The van der Waals surface area contributed by atoms with Gasteiger partial charge >= 0.3 is 0 Å². The van der Waals surface area contributed by atoms with Crippen LogP contribution < -0.4 is 15.8 Å². The van der Waals surface area contributed by atoms with Crippen LogP contribution >= 0.6 is 0 Å². The van der Waals surface area contributed by atoms with Crippen molar-refractivity contribution in [3.05, 3.63) is 12.3 Å². The molecule has 1 aliphatic carbocycles. The van der Waals surface area contributed by atoms with Gasteiger partial charge in [-0.15, -0.1) is 0 Å². The van der Waals surface area contributed by atoms with E-state index in [0.717, 1.165) is 56.1 Å². The molecule has 1 aromatic heterocycles. The highest BCUT2D eigenvalue weighted by Gasteiger charge is 2.35. The van der Waals surface area contributed by atoms with Gasteiger partial charge in [0.05, 0.1) is 0 Å². The molecule has 7 nitrogen and oxygen atoms in total. The lowest BCUT2D eigenvalue weighted by Crippen LogP contribution is -2.45. The lowest BCUT2D eigenvalue weighted by Gasteiger charge is -2.32. The van der Waals surface area contributed by atoms with Gasteiger partial charge in [0.1, 0.15) is 5.84 Å². The summed E-state index contributed by atoms with van der Waals surface area (Å²) in [7, 11) is 2.15. The first kappa shape index (κ1) is 13.9. The second-order valence-electron chi connectivity index (χ2n) is 6.48. The summed E-state index contributed by atoms with van der Waals surface area (Å²) in [4.78, 5) is 18.2. The van der Waals surface area contributed by atoms with Gasteiger partial charge in [-0.25, -0.2) is 15.4 Å². The predicted octanol–water partition coefficient (Wildman–Crippen LogP) is 0.535. The quantitative estimate of drug-likeness (QED) is 0.849. The number of nitrogens with zero attached hydrogens (tertiary/aromatic N) is 5. The highest BCUT2D eigenvalue weighted by molar-refractivity contribution is 5.86. The van der Waals surface area contributed by atoms with Gasteiger partial charge in [0.15, 0.2) is 5.82 Å². The lowest BCUT2D eigenvalue weighted by atomic mass is 10.1. The van der Waals surface area contributed by atoms with E-state index < -0.39 is 0 Å². The summed E-state index contributed by atoms with van der Waals surface area (Å²) in [5, 5.41) is 0. The molecule has 2 saturated heterocycles. The van der Waals surface area contributed by atoms with Gasteiger partial charge in [0.25, 0.3) is 0 Å². The molecule has 1 aromatic rings. The third-order valence-electron chi connectivity index (χ3n) is 4.67. The number of aliphatic imine (C=N–C) groups is 1. The summed E-state index contributed by atoms with van der Waals surface area (Å²) < 4.78 is 0. The summed E-state index contributed by atoms with van der Waals surface area (Å²) in [6.45, 7) is 4.05. The Bertz CT molecular complexity index is 561. The minimum Gasteiger partial charge on any atom is -0.338 e. The van der Waals surface area contributed by atoms with Crippen molar-refractivity contribution < 1.29 is 0 Å². The van der Waals surface area contributed by atoms with Gasteiger partial charge in [-0.1, -0.05) is 0 Å². The molecular weight excluding hydrogens is 278 g/mol. The SMILES string of the molecule is CN1CCN(c2nccc(N=C3CC(C4CC4)NN3)n2)CC1. The Morgan fingerprint density at radius 1 is 1.23 bits per heavy atom. The van der Waals surface area contributed by atoms with Crippen LogP contribution in [0.5, 0.6) is 0 Å². The number of nitrogens with one attached hydrogen (secondary N) is 2. The van der Waals surface area contributed by atoms with Crippen LogP contribution in [0.15, 0.2) is 17.3 Å². The normalized spacial score (nSPS) is 28.1. The van der Waals surface area contributed by atoms with E-state index in [1.165, 1.54) is 12.8 Å². The first-order valence-corrected chi connectivity index (χ1v) is 8.13. The number of aromatic nitrogens is 2. The predicted molar refractivity (Wildman–Crippen MR) is 86.2 cm³/mol. The zero-order valence-electron chi connectivity index (χ0n) is 13.0. The summed E-state index contributed by atoms with van der Waals surface area (Å²) in [6.07, 6.45) is 5.46. The van der Waals surface area contributed by atoms with E-state index in [0.29, 0.717) is 6.04 Å². The minimum absolute atomic E-state index is 0.540. The second-order valence-corrected chi connectivity index (χ2v) is 6.48. The van der Waals surface area contributed by atoms with E-state index in [2.05, 4.69) is 42.7 Å². The molecule has 7 heteroatoms. The van der Waals surface area contributed by atoms with E-state index in [9.17, 15) is 0 Å². The van der Waals surface area contributed by atoms with Gasteiger partial charge in [0.2, 0.25) is 5.95 Å². The molecule has 1 atom stereocenters. The zero-order valence-corrected chi connectivity index (χ0v) is 13.0. The third-order valence-corrected chi connectivity index (χ3v) is 4.67. The fraction of sp³-hybridized carbons (Fsp3) is 0.667. The van der Waals surface area contributed by atoms with Crippen molar-refractivity contribution in [3.63, 3.8) is 0 Å². The zero-order chi connectivity index (χ0) is 14.9. The van der Waals surface area contributed by atoms with Crippen molar-refractivity contribution in [3.8, 4) is 0 Å². The molecular formula is C15H23N7. The van der Waals surface area contributed by atoms with Crippen molar-refractivity contribution in [1.29, 1.82) is 0 Å². The Morgan fingerprint density at radius 3 is 2.82 bits per heavy atom. The van der Waals surface area contributed by atoms with Crippen molar-refractivity contribution in [2.75, 3.05) is 38.1 Å². The van der Waals surface area contributed by atoms with Crippen LogP contribution in [0, 0.1) is 5.92 Å². The molecule has 2 N–H and O–H groups in total. The number of piperazine rings is 1. The number of likely N-dealkylation sites (N-methyl/N-ethyl adjacent to an activating group) is 1. The van der Waals surface area contributed by atoms with Gasteiger partial charge in [0, 0.05) is 50.9 Å². The summed E-state index contributed by atoms with van der Waals surface area (Å²) in [5.74, 6) is 3.34. The first-order valence-electron chi connectivity index (χ1n) is 8.13. The smallest absolute Gasteiger partial charge is 0.227 e. The van der Waals surface area contributed by atoms with Crippen molar-refractivity contribution in [1.82, 2.24) is 25.7 Å².